The minimum atomic E-state index is 0.635. The van der Waals surface area contributed by atoms with Gasteiger partial charge >= 0.3 is 0 Å². The maximum atomic E-state index is 8.38. The zero-order chi connectivity index (χ0) is 11.1. The van der Waals surface area contributed by atoms with E-state index in [1.165, 1.54) is 5.56 Å². The van der Waals surface area contributed by atoms with Crippen LogP contribution >= 0.6 is 11.6 Å². The zero-order valence-corrected chi connectivity index (χ0v) is 9.64. The fourth-order valence-corrected chi connectivity index (χ4v) is 1.51. The quantitative estimate of drug-likeness (QED) is 0.771. The number of anilines is 1. The summed E-state index contributed by atoms with van der Waals surface area (Å²) in [5.74, 6) is 0. The predicted molar refractivity (Wildman–Crippen MR) is 64.1 cm³/mol. The van der Waals surface area contributed by atoms with E-state index in [2.05, 4.69) is 11.4 Å². The van der Waals surface area contributed by atoms with Gasteiger partial charge in [-0.05, 0) is 37.5 Å². The fourth-order valence-electron chi connectivity index (χ4n) is 1.34. The van der Waals surface area contributed by atoms with Gasteiger partial charge in [0.1, 0.15) is 0 Å². The molecule has 1 rings (SSSR count). The van der Waals surface area contributed by atoms with Crippen molar-refractivity contribution in [3.8, 4) is 6.07 Å². The largest absolute Gasteiger partial charge is 0.385 e. The van der Waals surface area contributed by atoms with Gasteiger partial charge in [0.15, 0.2) is 0 Å². The Morgan fingerprint density at radius 1 is 1.40 bits per heavy atom. The molecule has 1 N–H and O–H groups in total. The van der Waals surface area contributed by atoms with Crippen LogP contribution in [0.2, 0.25) is 5.02 Å². The number of hydrogen-bond donors (Lipinski definition) is 1. The average Bonchev–Trinajstić information content (AvgIpc) is 2.23. The topological polar surface area (TPSA) is 35.8 Å². The molecule has 0 radical (unpaired) electrons. The van der Waals surface area contributed by atoms with Gasteiger partial charge < -0.3 is 5.32 Å². The number of rotatable bonds is 5. The summed E-state index contributed by atoms with van der Waals surface area (Å²) in [4.78, 5) is 0. The second kappa shape index (κ2) is 6.31. The van der Waals surface area contributed by atoms with Gasteiger partial charge in [0.2, 0.25) is 0 Å². The van der Waals surface area contributed by atoms with E-state index in [4.69, 9.17) is 16.9 Å². The van der Waals surface area contributed by atoms with E-state index in [1.54, 1.807) is 0 Å². The first-order valence-corrected chi connectivity index (χ1v) is 5.49. The molecule has 3 heteroatoms. The molecule has 1 aromatic carbocycles. The number of nitriles is 1. The number of unbranched alkanes of at least 4 members (excludes halogenated alkanes) is 2. The molecule has 1 aromatic rings. The highest BCUT2D eigenvalue weighted by Crippen LogP contribution is 2.20. The number of hydrogen-bond acceptors (Lipinski definition) is 2. The Hall–Kier alpha value is -1.20. The van der Waals surface area contributed by atoms with Gasteiger partial charge in [-0.25, -0.2) is 0 Å². The number of nitrogens with one attached hydrogen (secondary N) is 1. The first-order valence-electron chi connectivity index (χ1n) is 5.11. The minimum Gasteiger partial charge on any atom is -0.385 e. The molecule has 0 aromatic heterocycles. The van der Waals surface area contributed by atoms with E-state index < -0.39 is 0 Å². The van der Waals surface area contributed by atoms with Crippen molar-refractivity contribution < 1.29 is 0 Å². The highest BCUT2D eigenvalue weighted by molar-refractivity contribution is 6.30. The Kier molecular flexibility index (Phi) is 5.00. The van der Waals surface area contributed by atoms with Crippen LogP contribution in [0, 0.1) is 18.3 Å². The van der Waals surface area contributed by atoms with Crippen molar-refractivity contribution in [3.05, 3.63) is 28.8 Å². The molecule has 0 saturated heterocycles. The molecule has 0 fully saturated rings. The summed E-state index contributed by atoms with van der Waals surface area (Å²) in [6, 6.07) is 7.96. The molecular formula is C12H15ClN2. The summed E-state index contributed by atoms with van der Waals surface area (Å²) in [5.41, 5.74) is 2.28. The monoisotopic (exact) mass is 222 g/mol. The summed E-state index contributed by atoms with van der Waals surface area (Å²) < 4.78 is 0. The van der Waals surface area contributed by atoms with E-state index in [9.17, 15) is 0 Å². The maximum absolute atomic E-state index is 8.38. The van der Waals surface area contributed by atoms with Crippen LogP contribution < -0.4 is 5.32 Å². The van der Waals surface area contributed by atoms with Crippen molar-refractivity contribution in [1.82, 2.24) is 0 Å². The van der Waals surface area contributed by atoms with Crippen LogP contribution in [0.25, 0.3) is 0 Å². The molecule has 0 bridgehead atoms. The second-order valence-corrected chi connectivity index (χ2v) is 3.94. The van der Waals surface area contributed by atoms with E-state index in [0.717, 1.165) is 30.1 Å². The number of halogens is 1. The summed E-state index contributed by atoms with van der Waals surface area (Å²) in [6.07, 6.45) is 2.60. The van der Waals surface area contributed by atoms with E-state index >= 15 is 0 Å². The molecular weight excluding hydrogens is 208 g/mol. The van der Waals surface area contributed by atoms with Crippen molar-refractivity contribution in [2.45, 2.75) is 26.2 Å². The Morgan fingerprint density at radius 3 is 2.93 bits per heavy atom. The second-order valence-electron chi connectivity index (χ2n) is 3.50. The third-order valence-electron chi connectivity index (χ3n) is 2.23. The van der Waals surface area contributed by atoms with Crippen molar-refractivity contribution in [2.75, 3.05) is 11.9 Å². The standard InChI is InChI=1S/C12H15ClN2/c1-10-5-6-11(13)9-12(10)15-8-4-2-3-7-14/h5-6,9,15H,2-4,8H2,1H3. The first kappa shape index (κ1) is 11.9. The predicted octanol–water partition coefficient (Wildman–Crippen LogP) is 3.75. The summed E-state index contributed by atoms with van der Waals surface area (Å²) >= 11 is 5.90. The van der Waals surface area contributed by atoms with Crippen LogP contribution in [-0.2, 0) is 0 Å². The van der Waals surface area contributed by atoms with Gasteiger partial charge in [-0.1, -0.05) is 17.7 Å². The molecule has 2 nitrogen and oxygen atoms in total. The number of aryl methyl sites for hydroxylation is 1. The van der Waals surface area contributed by atoms with E-state index in [-0.39, 0.29) is 0 Å². The molecule has 0 spiro atoms. The summed E-state index contributed by atoms with van der Waals surface area (Å²) in [6.45, 7) is 2.94. The fraction of sp³-hybridized carbons (Fsp3) is 0.417. The maximum Gasteiger partial charge on any atom is 0.0621 e. The Balaban J connectivity index is 2.37. The molecule has 0 atom stereocenters. The molecule has 15 heavy (non-hydrogen) atoms. The zero-order valence-electron chi connectivity index (χ0n) is 8.89. The Bertz CT molecular complexity index is 355. The number of nitrogens with zero attached hydrogens (tertiary/aromatic N) is 1. The normalized spacial score (nSPS) is 9.67. The molecule has 0 aliphatic carbocycles. The van der Waals surface area contributed by atoms with Crippen LogP contribution in [0.5, 0.6) is 0 Å². The average molecular weight is 223 g/mol. The lowest BCUT2D eigenvalue weighted by Crippen LogP contribution is -2.02. The third kappa shape index (κ3) is 4.22. The highest BCUT2D eigenvalue weighted by Gasteiger charge is 1.98. The molecule has 0 amide bonds. The minimum absolute atomic E-state index is 0.635. The van der Waals surface area contributed by atoms with Crippen LogP contribution in [0.4, 0.5) is 5.69 Å². The van der Waals surface area contributed by atoms with Gasteiger partial charge in [-0.3, -0.25) is 0 Å². The van der Waals surface area contributed by atoms with E-state index in [0.29, 0.717) is 6.42 Å². The lowest BCUT2D eigenvalue weighted by atomic mass is 10.2. The highest BCUT2D eigenvalue weighted by atomic mass is 35.5. The van der Waals surface area contributed by atoms with E-state index in [1.807, 2.05) is 25.1 Å². The molecule has 0 aliphatic heterocycles. The van der Waals surface area contributed by atoms with Crippen molar-refractivity contribution in [2.24, 2.45) is 0 Å². The Labute approximate surface area is 95.9 Å². The summed E-state index contributed by atoms with van der Waals surface area (Å²) in [5, 5.41) is 12.4. The van der Waals surface area contributed by atoms with Gasteiger partial charge in [-0.15, -0.1) is 0 Å². The molecule has 0 heterocycles. The van der Waals surface area contributed by atoms with Crippen molar-refractivity contribution in [3.63, 3.8) is 0 Å². The van der Waals surface area contributed by atoms with Gasteiger partial charge in [0.05, 0.1) is 6.07 Å². The Morgan fingerprint density at radius 2 is 2.20 bits per heavy atom. The van der Waals surface area contributed by atoms with Crippen LogP contribution in [-0.4, -0.2) is 6.54 Å². The number of benzene rings is 1. The molecule has 80 valence electrons. The molecule has 0 unspecified atom stereocenters. The lowest BCUT2D eigenvalue weighted by molar-refractivity contribution is 0.784. The SMILES string of the molecule is Cc1ccc(Cl)cc1NCCCCC#N. The third-order valence-corrected chi connectivity index (χ3v) is 2.47. The van der Waals surface area contributed by atoms with Gasteiger partial charge in [-0.2, -0.15) is 5.26 Å². The van der Waals surface area contributed by atoms with Gasteiger partial charge in [0, 0.05) is 23.7 Å². The molecule has 0 saturated carbocycles. The lowest BCUT2D eigenvalue weighted by Gasteiger charge is -2.09. The first-order chi connectivity index (χ1) is 7.24. The van der Waals surface area contributed by atoms with Crippen LogP contribution in [0.1, 0.15) is 24.8 Å². The van der Waals surface area contributed by atoms with Crippen molar-refractivity contribution >= 4 is 17.3 Å². The molecule has 0 aliphatic rings. The van der Waals surface area contributed by atoms with Crippen molar-refractivity contribution in [1.29, 1.82) is 5.26 Å². The van der Waals surface area contributed by atoms with Crippen LogP contribution in [0.15, 0.2) is 18.2 Å². The smallest absolute Gasteiger partial charge is 0.0621 e. The van der Waals surface area contributed by atoms with Crippen LogP contribution in [0.3, 0.4) is 0 Å². The van der Waals surface area contributed by atoms with Gasteiger partial charge in [0.25, 0.3) is 0 Å². The summed E-state index contributed by atoms with van der Waals surface area (Å²) in [7, 11) is 0.